The van der Waals surface area contributed by atoms with Crippen molar-refractivity contribution in [1.82, 2.24) is 10.2 Å². The molecule has 0 bridgehead atoms. The first-order valence-electron chi connectivity index (χ1n) is 8.13. The minimum absolute atomic E-state index is 0.487. The van der Waals surface area contributed by atoms with E-state index in [1.165, 1.54) is 44.3 Å². The number of rotatable bonds is 5. The van der Waals surface area contributed by atoms with Gasteiger partial charge in [-0.05, 0) is 68.3 Å². The zero-order valence-corrected chi connectivity index (χ0v) is 13.0. The van der Waals surface area contributed by atoms with E-state index in [1.54, 1.807) is 5.56 Å². The van der Waals surface area contributed by atoms with Crippen LogP contribution in [0.2, 0.25) is 0 Å². The SMILES string of the molecule is CN1CCC(C)(CNCc2ccccc2C2CC2)CC1. The Hall–Kier alpha value is -0.860. The Morgan fingerprint density at radius 3 is 2.60 bits per heavy atom. The van der Waals surface area contributed by atoms with E-state index in [0.717, 1.165) is 19.0 Å². The lowest BCUT2D eigenvalue weighted by Crippen LogP contribution is -2.41. The van der Waals surface area contributed by atoms with Gasteiger partial charge >= 0.3 is 0 Å². The maximum atomic E-state index is 3.73. The third-order valence-corrected chi connectivity index (χ3v) is 5.13. The molecular weight excluding hydrogens is 244 g/mol. The van der Waals surface area contributed by atoms with Gasteiger partial charge in [-0.25, -0.2) is 0 Å². The van der Waals surface area contributed by atoms with Crippen molar-refractivity contribution in [2.45, 2.75) is 45.1 Å². The number of hydrogen-bond donors (Lipinski definition) is 1. The van der Waals surface area contributed by atoms with Crippen molar-refractivity contribution >= 4 is 0 Å². The summed E-state index contributed by atoms with van der Waals surface area (Å²) in [7, 11) is 2.24. The van der Waals surface area contributed by atoms with Crippen LogP contribution >= 0.6 is 0 Å². The van der Waals surface area contributed by atoms with Crippen LogP contribution in [-0.4, -0.2) is 31.6 Å². The summed E-state index contributed by atoms with van der Waals surface area (Å²) in [6.07, 6.45) is 5.42. The molecule has 0 radical (unpaired) electrons. The largest absolute Gasteiger partial charge is 0.312 e. The fourth-order valence-electron chi connectivity index (χ4n) is 3.32. The summed E-state index contributed by atoms with van der Waals surface area (Å²) in [5.41, 5.74) is 3.60. The summed E-state index contributed by atoms with van der Waals surface area (Å²) in [6.45, 7) is 7.13. The average molecular weight is 272 g/mol. The Morgan fingerprint density at radius 1 is 1.20 bits per heavy atom. The topological polar surface area (TPSA) is 15.3 Å². The lowest BCUT2D eigenvalue weighted by molar-refractivity contribution is 0.137. The van der Waals surface area contributed by atoms with Gasteiger partial charge in [0.15, 0.2) is 0 Å². The quantitative estimate of drug-likeness (QED) is 0.884. The summed E-state index contributed by atoms with van der Waals surface area (Å²) >= 11 is 0. The van der Waals surface area contributed by atoms with Gasteiger partial charge in [0.25, 0.3) is 0 Å². The maximum absolute atomic E-state index is 3.73. The monoisotopic (exact) mass is 272 g/mol. The van der Waals surface area contributed by atoms with Crippen molar-refractivity contribution in [3.05, 3.63) is 35.4 Å². The highest BCUT2D eigenvalue weighted by atomic mass is 15.1. The van der Waals surface area contributed by atoms with Crippen LogP contribution in [-0.2, 0) is 6.54 Å². The Bertz CT molecular complexity index is 442. The van der Waals surface area contributed by atoms with Crippen LogP contribution in [0, 0.1) is 5.41 Å². The zero-order valence-electron chi connectivity index (χ0n) is 13.0. The number of benzene rings is 1. The van der Waals surface area contributed by atoms with Crippen LogP contribution in [0.3, 0.4) is 0 Å². The fraction of sp³-hybridized carbons (Fsp3) is 0.667. The molecule has 0 aromatic heterocycles. The number of piperidine rings is 1. The van der Waals surface area contributed by atoms with Gasteiger partial charge in [-0.1, -0.05) is 31.2 Å². The van der Waals surface area contributed by atoms with Crippen molar-refractivity contribution in [2.75, 3.05) is 26.7 Å². The predicted octanol–water partition coefficient (Wildman–Crippen LogP) is 3.39. The highest BCUT2D eigenvalue weighted by Crippen LogP contribution is 2.41. The van der Waals surface area contributed by atoms with Gasteiger partial charge in [-0.15, -0.1) is 0 Å². The lowest BCUT2D eigenvalue weighted by atomic mass is 9.80. The molecule has 1 saturated heterocycles. The van der Waals surface area contributed by atoms with Crippen molar-refractivity contribution in [1.29, 1.82) is 0 Å². The standard InChI is InChI=1S/C18H28N2/c1-18(9-11-20(2)12-10-18)14-19-13-16-5-3-4-6-17(16)15-7-8-15/h3-6,15,19H,7-14H2,1-2H3. The summed E-state index contributed by atoms with van der Waals surface area (Å²) in [5, 5.41) is 3.73. The van der Waals surface area contributed by atoms with E-state index in [-0.39, 0.29) is 0 Å². The average Bonchev–Trinajstić information content (AvgIpc) is 3.28. The Balaban J connectivity index is 1.52. The van der Waals surface area contributed by atoms with Gasteiger partial charge in [-0.3, -0.25) is 0 Å². The molecule has 20 heavy (non-hydrogen) atoms. The molecule has 0 atom stereocenters. The second kappa shape index (κ2) is 5.87. The fourth-order valence-corrected chi connectivity index (χ4v) is 3.32. The van der Waals surface area contributed by atoms with E-state index < -0.39 is 0 Å². The first-order chi connectivity index (χ1) is 9.66. The molecule has 2 aliphatic rings. The molecule has 3 rings (SSSR count). The Labute approximate surface area is 123 Å². The number of likely N-dealkylation sites (tertiary alicyclic amines) is 1. The van der Waals surface area contributed by atoms with Gasteiger partial charge in [0, 0.05) is 13.1 Å². The molecular formula is C18H28N2. The molecule has 1 aliphatic heterocycles. The molecule has 0 spiro atoms. The minimum Gasteiger partial charge on any atom is -0.312 e. The number of hydrogen-bond acceptors (Lipinski definition) is 2. The smallest absolute Gasteiger partial charge is 0.0208 e. The normalized spacial score (nSPS) is 22.9. The van der Waals surface area contributed by atoms with Gasteiger partial charge in [-0.2, -0.15) is 0 Å². The van der Waals surface area contributed by atoms with Gasteiger partial charge < -0.3 is 10.2 Å². The van der Waals surface area contributed by atoms with Crippen molar-refractivity contribution < 1.29 is 0 Å². The lowest BCUT2D eigenvalue weighted by Gasteiger charge is -2.38. The molecule has 0 unspecified atom stereocenters. The first-order valence-corrected chi connectivity index (χ1v) is 8.13. The second-order valence-corrected chi connectivity index (χ2v) is 7.19. The third-order valence-electron chi connectivity index (χ3n) is 5.13. The highest BCUT2D eigenvalue weighted by Gasteiger charge is 2.29. The van der Waals surface area contributed by atoms with E-state index in [4.69, 9.17) is 0 Å². The van der Waals surface area contributed by atoms with Crippen LogP contribution in [0.15, 0.2) is 24.3 Å². The van der Waals surface area contributed by atoms with Crippen molar-refractivity contribution in [2.24, 2.45) is 5.41 Å². The summed E-state index contributed by atoms with van der Waals surface area (Å²) in [5.74, 6) is 0.854. The zero-order chi connectivity index (χ0) is 14.0. The summed E-state index contributed by atoms with van der Waals surface area (Å²) in [6, 6.07) is 9.00. The van der Waals surface area contributed by atoms with E-state index in [2.05, 4.69) is 48.5 Å². The molecule has 110 valence electrons. The molecule has 1 N–H and O–H groups in total. The molecule has 1 aromatic rings. The molecule has 2 nitrogen and oxygen atoms in total. The van der Waals surface area contributed by atoms with Crippen molar-refractivity contribution in [3.63, 3.8) is 0 Å². The van der Waals surface area contributed by atoms with Crippen LogP contribution in [0.5, 0.6) is 0 Å². The van der Waals surface area contributed by atoms with Gasteiger partial charge in [0.1, 0.15) is 0 Å². The minimum atomic E-state index is 0.487. The van der Waals surface area contributed by atoms with Crippen molar-refractivity contribution in [3.8, 4) is 0 Å². The van der Waals surface area contributed by atoms with E-state index >= 15 is 0 Å². The molecule has 1 aromatic carbocycles. The second-order valence-electron chi connectivity index (χ2n) is 7.19. The van der Waals surface area contributed by atoms with Crippen LogP contribution in [0.1, 0.15) is 49.7 Å². The van der Waals surface area contributed by atoms with E-state index in [9.17, 15) is 0 Å². The molecule has 2 fully saturated rings. The molecule has 0 amide bonds. The Kier molecular flexibility index (Phi) is 4.13. The molecule has 1 heterocycles. The molecule has 2 heteroatoms. The predicted molar refractivity (Wildman–Crippen MR) is 85.0 cm³/mol. The number of nitrogens with zero attached hydrogens (tertiary/aromatic N) is 1. The number of nitrogens with one attached hydrogen (secondary N) is 1. The van der Waals surface area contributed by atoms with E-state index in [0.29, 0.717) is 5.41 Å². The third kappa shape index (κ3) is 3.42. The first kappa shape index (κ1) is 14.1. The van der Waals surface area contributed by atoms with E-state index in [1.807, 2.05) is 0 Å². The maximum Gasteiger partial charge on any atom is 0.0208 e. The van der Waals surface area contributed by atoms with Gasteiger partial charge in [0.05, 0.1) is 0 Å². The summed E-state index contributed by atoms with van der Waals surface area (Å²) in [4.78, 5) is 2.45. The Morgan fingerprint density at radius 2 is 1.90 bits per heavy atom. The molecule has 1 saturated carbocycles. The highest BCUT2D eigenvalue weighted by molar-refractivity contribution is 5.33. The van der Waals surface area contributed by atoms with Crippen LogP contribution in [0.25, 0.3) is 0 Å². The molecule has 1 aliphatic carbocycles. The van der Waals surface area contributed by atoms with Crippen LogP contribution < -0.4 is 5.32 Å². The summed E-state index contributed by atoms with van der Waals surface area (Å²) < 4.78 is 0. The van der Waals surface area contributed by atoms with Gasteiger partial charge in [0.2, 0.25) is 0 Å². The van der Waals surface area contributed by atoms with Crippen LogP contribution in [0.4, 0.5) is 0 Å².